The standard InChI is InChI=1S/C13H18N2O4/c14-13(18)11-4-7-19-12-9(8-17)2-1-3-10(12)15(11)5-6-16/h1-3,11,16-17H,4-8H2,(H2,14,18). The predicted molar refractivity (Wildman–Crippen MR) is 69.9 cm³/mol. The molecule has 1 aliphatic rings. The topological polar surface area (TPSA) is 96.0 Å². The summed E-state index contributed by atoms with van der Waals surface area (Å²) in [4.78, 5) is 13.3. The Bertz CT molecular complexity index is 464. The van der Waals surface area contributed by atoms with E-state index < -0.39 is 11.9 Å². The number of amides is 1. The second kappa shape index (κ2) is 5.90. The van der Waals surface area contributed by atoms with Gasteiger partial charge in [-0.25, -0.2) is 0 Å². The van der Waals surface area contributed by atoms with Crippen molar-refractivity contribution in [3.05, 3.63) is 23.8 Å². The average Bonchev–Trinajstić information content (AvgIpc) is 2.59. The normalized spacial score (nSPS) is 18.4. The lowest BCUT2D eigenvalue weighted by Gasteiger charge is -2.29. The SMILES string of the molecule is NC(=O)C1CCOc2c(CO)cccc2N1CCO. The van der Waals surface area contributed by atoms with E-state index in [9.17, 15) is 15.0 Å². The van der Waals surface area contributed by atoms with Gasteiger partial charge in [0.25, 0.3) is 0 Å². The van der Waals surface area contributed by atoms with Gasteiger partial charge in [0.2, 0.25) is 5.91 Å². The third-order valence-corrected chi connectivity index (χ3v) is 3.24. The van der Waals surface area contributed by atoms with Crippen LogP contribution in [0.15, 0.2) is 18.2 Å². The maximum Gasteiger partial charge on any atom is 0.240 e. The molecule has 0 saturated carbocycles. The van der Waals surface area contributed by atoms with Crippen LogP contribution in [0.1, 0.15) is 12.0 Å². The van der Waals surface area contributed by atoms with Gasteiger partial charge < -0.3 is 25.6 Å². The van der Waals surface area contributed by atoms with Gasteiger partial charge in [0.1, 0.15) is 11.8 Å². The van der Waals surface area contributed by atoms with Crippen LogP contribution >= 0.6 is 0 Å². The first-order valence-corrected chi connectivity index (χ1v) is 6.21. The number of aliphatic hydroxyl groups is 2. The number of carbonyl (C=O) groups excluding carboxylic acids is 1. The molecule has 6 nitrogen and oxygen atoms in total. The van der Waals surface area contributed by atoms with Crippen molar-refractivity contribution in [1.82, 2.24) is 0 Å². The number of primary amides is 1. The minimum absolute atomic E-state index is 0.0907. The molecule has 0 bridgehead atoms. The zero-order valence-corrected chi connectivity index (χ0v) is 10.6. The maximum absolute atomic E-state index is 11.6. The molecule has 1 aromatic carbocycles. The van der Waals surface area contributed by atoms with E-state index in [0.717, 1.165) is 0 Å². The molecule has 1 unspecified atom stereocenters. The molecular weight excluding hydrogens is 248 g/mol. The van der Waals surface area contributed by atoms with Crippen molar-refractivity contribution >= 4 is 11.6 Å². The van der Waals surface area contributed by atoms with E-state index in [4.69, 9.17) is 10.5 Å². The van der Waals surface area contributed by atoms with E-state index in [2.05, 4.69) is 0 Å². The highest BCUT2D eigenvalue weighted by atomic mass is 16.5. The number of β-amino-alcohol motifs (C(OH)–C–C–N with tert-alkyl or cyclic N) is 1. The number of nitrogens with zero attached hydrogens (tertiary/aromatic N) is 1. The van der Waals surface area contributed by atoms with Gasteiger partial charge in [0, 0.05) is 18.5 Å². The number of hydrogen-bond acceptors (Lipinski definition) is 5. The smallest absolute Gasteiger partial charge is 0.240 e. The fourth-order valence-electron chi connectivity index (χ4n) is 2.36. The van der Waals surface area contributed by atoms with Crippen molar-refractivity contribution in [3.63, 3.8) is 0 Å². The highest BCUT2D eigenvalue weighted by Crippen LogP contribution is 2.36. The van der Waals surface area contributed by atoms with E-state index in [1.54, 1.807) is 23.1 Å². The van der Waals surface area contributed by atoms with Crippen molar-refractivity contribution < 1.29 is 19.7 Å². The minimum Gasteiger partial charge on any atom is -0.491 e. The van der Waals surface area contributed by atoms with Gasteiger partial charge in [0.15, 0.2) is 0 Å². The Hall–Kier alpha value is -1.79. The van der Waals surface area contributed by atoms with Gasteiger partial charge in [-0.15, -0.1) is 0 Å². The Kier molecular flexibility index (Phi) is 4.24. The molecule has 19 heavy (non-hydrogen) atoms. The van der Waals surface area contributed by atoms with E-state index in [1.165, 1.54) is 0 Å². The Morgan fingerprint density at radius 1 is 1.47 bits per heavy atom. The van der Waals surface area contributed by atoms with Crippen LogP contribution in [0.3, 0.4) is 0 Å². The summed E-state index contributed by atoms with van der Waals surface area (Å²) in [6.45, 7) is 0.405. The number of anilines is 1. The molecule has 0 aliphatic carbocycles. The molecule has 1 heterocycles. The van der Waals surface area contributed by atoms with Crippen molar-refractivity contribution in [2.24, 2.45) is 5.73 Å². The van der Waals surface area contributed by atoms with Gasteiger partial charge in [-0.1, -0.05) is 12.1 Å². The summed E-state index contributed by atoms with van der Waals surface area (Å²) in [5.41, 5.74) is 6.76. The predicted octanol–water partition coefficient (Wildman–Crippen LogP) is -0.386. The van der Waals surface area contributed by atoms with Crippen molar-refractivity contribution in [2.75, 3.05) is 24.7 Å². The second-order valence-corrected chi connectivity index (χ2v) is 4.40. The number of para-hydroxylation sites is 1. The molecular formula is C13H18N2O4. The number of rotatable bonds is 4. The molecule has 0 aromatic heterocycles. The second-order valence-electron chi connectivity index (χ2n) is 4.40. The van der Waals surface area contributed by atoms with E-state index in [0.29, 0.717) is 36.6 Å². The first kappa shape index (κ1) is 13.6. The number of carbonyl (C=O) groups is 1. The average molecular weight is 266 g/mol. The number of nitrogens with two attached hydrogens (primary N) is 1. The van der Waals surface area contributed by atoms with Gasteiger partial charge in [0.05, 0.1) is 25.5 Å². The van der Waals surface area contributed by atoms with Gasteiger partial charge >= 0.3 is 0 Å². The monoisotopic (exact) mass is 266 g/mol. The lowest BCUT2D eigenvalue weighted by molar-refractivity contribution is -0.119. The van der Waals surface area contributed by atoms with E-state index in [-0.39, 0.29) is 13.2 Å². The summed E-state index contributed by atoms with van der Waals surface area (Å²) in [7, 11) is 0. The molecule has 0 spiro atoms. The van der Waals surface area contributed by atoms with Crippen LogP contribution in [0.2, 0.25) is 0 Å². The number of aliphatic hydroxyl groups excluding tert-OH is 2. The lowest BCUT2D eigenvalue weighted by Crippen LogP contribution is -2.46. The zero-order valence-electron chi connectivity index (χ0n) is 10.6. The van der Waals surface area contributed by atoms with Crippen LogP contribution in [0.4, 0.5) is 5.69 Å². The fourth-order valence-corrected chi connectivity index (χ4v) is 2.36. The fraction of sp³-hybridized carbons (Fsp3) is 0.462. The van der Waals surface area contributed by atoms with Crippen LogP contribution in [-0.2, 0) is 11.4 Å². The molecule has 1 atom stereocenters. The summed E-state index contributed by atoms with van der Waals surface area (Å²) in [5.74, 6) is 0.113. The Morgan fingerprint density at radius 3 is 2.89 bits per heavy atom. The Labute approximate surface area is 111 Å². The summed E-state index contributed by atoms with van der Waals surface area (Å²) in [6.07, 6.45) is 0.453. The number of hydrogen-bond donors (Lipinski definition) is 3. The lowest BCUT2D eigenvalue weighted by atomic mass is 10.1. The highest BCUT2D eigenvalue weighted by molar-refractivity contribution is 5.85. The Balaban J connectivity index is 2.47. The van der Waals surface area contributed by atoms with Gasteiger partial charge in [-0.2, -0.15) is 0 Å². The van der Waals surface area contributed by atoms with Gasteiger partial charge in [-0.05, 0) is 6.07 Å². The summed E-state index contributed by atoms with van der Waals surface area (Å²) in [6, 6.07) is 4.83. The number of benzene rings is 1. The van der Waals surface area contributed by atoms with Crippen LogP contribution < -0.4 is 15.4 Å². The summed E-state index contributed by atoms with van der Waals surface area (Å²) >= 11 is 0. The van der Waals surface area contributed by atoms with Crippen LogP contribution in [0, 0.1) is 0 Å². The number of fused-ring (bicyclic) bond motifs is 1. The van der Waals surface area contributed by atoms with Crippen LogP contribution in [-0.4, -0.2) is 41.9 Å². The molecule has 1 aromatic rings. The zero-order chi connectivity index (χ0) is 13.8. The molecule has 6 heteroatoms. The van der Waals surface area contributed by atoms with Crippen LogP contribution in [0.25, 0.3) is 0 Å². The van der Waals surface area contributed by atoms with E-state index in [1.807, 2.05) is 0 Å². The molecule has 2 rings (SSSR count). The Morgan fingerprint density at radius 2 is 2.26 bits per heavy atom. The van der Waals surface area contributed by atoms with Crippen molar-refractivity contribution in [1.29, 1.82) is 0 Å². The van der Waals surface area contributed by atoms with Gasteiger partial charge in [-0.3, -0.25) is 4.79 Å². The van der Waals surface area contributed by atoms with E-state index >= 15 is 0 Å². The van der Waals surface area contributed by atoms with Crippen LogP contribution in [0.5, 0.6) is 5.75 Å². The third kappa shape index (κ3) is 2.64. The summed E-state index contributed by atoms with van der Waals surface area (Å²) in [5, 5.41) is 18.5. The molecule has 0 radical (unpaired) electrons. The molecule has 4 N–H and O–H groups in total. The van der Waals surface area contributed by atoms with Crippen molar-refractivity contribution in [2.45, 2.75) is 19.1 Å². The molecule has 0 fully saturated rings. The summed E-state index contributed by atoms with van der Waals surface area (Å²) < 4.78 is 5.64. The quantitative estimate of drug-likeness (QED) is 0.690. The van der Waals surface area contributed by atoms with Crippen molar-refractivity contribution in [3.8, 4) is 5.75 Å². The largest absolute Gasteiger partial charge is 0.491 e. The number of ether oxygens (including phenoxy) is 1. The minimum atomic E-state index is -0.512. The molecule has 1 amide bonds. The third-order valence-electron chi connectivity index (χ3n) is 3.24. The molecule has 104 valence electrons. The molecule has 1 aliphatic heterocycles. The highest BCUT2D eigenvalue weighted by Gasteiger charge is 2.29. The maximum atomic E-state index is 11.6. The molecule has 0 saturated heterocycles. The first-order valence-electron chi connectivity index (χ1n) is 6.21. The first-order chi connectivity index (χ1) is 9.19.